The number of benzene rings is 1. The van der Waals surface area contributed by atoms with Crippen LogP contribution in [0.1, 0.15) is 28.9 Å². The summed E-state index contributed by atoms with van der Waals surface area (Å²) in [5.41, 5.74) is 3.86. The topological polar surface area (TPSA) is 62.5 Å². The maximum Gasteiger partial charge on any atom is 0.270 e. The number of nitrogens with zero attached hydrogens (tertiary/aromatic N) is 4. The van der Waals surface area contributed by atoms with E-state index in [1.165, 1.54) is 12.1 Å². The van der Waals surface area contributed by atoms with E-state index >= 15 is 4.39 Å². The Morgan fingerprint density at radius 2 is 2.00 bits per heavy atom. The number of aromatic nitrogens is 3. The average Bonchev–Trinajstić information content (AvgIpc) is 3.30. The number of nitrogens with one attached hydrogen (secondary N) is 1. The Labute approximate surface area is 208 Å². The third-order valence-electron chi connectivity index (χ3n) is 6.47. The van der Waals surface area contributed by atoms with Crippen molar-refractivity contribution in [3.63, 3.8) is 0 Å². The van der Waals surface area contributed by atoms with Gasteiger partial charge >= 0.3 is 0 Å². The van der Waals surface area contributed by atoms with Gasteiger partial charge in [0.15, 0.2) is 0 Å². The Hall–Kier alpha value is -3.55. The number of carbonyl (C=O) groups excluding carboxylic acids is 1. The van der Waals surface area contributed by atoms with Gasteiger partial charge in [-0.25, -0.2) is 9.37 Å². The summed E-state index contributed by atoms with van der Waals surface area (Å²) >= 11 is 6.33. The van der Waals surface area contributed by atoms with Crippen molar-refractivity contribution in [3.05, 3.63) is 83.7 Å². The molecule has 0 saturated carbocycles. The quantitative estimate of drug-likeness (QED) is 0.412. The van der Waals surface area contributed by atoms with Crippen molar-refractivity contribution < 1.29 is 9.18 Å². The number of carbonyl (C=O) groups is 1. The Morgan fingerprint density at radius 3 is 2.77 bits per heavy atom. The fourth-order valence-electron chi connectivity index (χ4n) is 4.47. The predicted octanol–water partition coefficient (Wildman–Crippen LogP) is 5.32. The zero-order valence-corrected chi connectivity index (χ0v) is 20.1. The molecule has 1 fully saturated rings. The van der Waals surface area contributed by atoms with E-state index in [0.717, 1.165) is 31.5 Å². The first kappa shape index (κ1) is 23.2. The zero-order valence-electron chi connectivity index (χ0n) is 19.3. The summed E-state index contributed by atoms with van der Waals surface area (Å²) < 4.78 is 16.8. The molecule has 3 aromatic heterocycles. The van der Waals surface area contributed by atoms with Crippen LogP contribution in [0.2, 0.25) is 5.02 Å². The maximum absolute atomic E-state index is 15.0. The minimum Gasteiger partial charge on any atom is -0.348 e. The molecule has 8 heteroatoms. The number of hydrogen-bond acceptors (Lipinski definition) is 4. The lowest BCUT2D eigenvalue weighted by molar-refractivity contribution is 0.0911. The van der Waals surface area contributed by atoms with Gasteiger partial charge in [-0.15, -0.1) is 0 Å². The molecular formula is C27H25ClFN5O. The van der Waals surface area contributed by atoms with E-state index in [-0.39, 0.29) is 11.9 Å². The Morgan fingerprint density at radius 1 is 1.20 bits per heavy atom. The van der Waals surface area contributed by atoms with Crippen molar-refractivity contribution in [1.82, 2.24) is 24.6 Å². The maximum atomic E-state index is 15.0. The summed E-state index contributed by atoms with van der Waals surface area (Å²) in [6, 6.07) is 10.4. The third kappa shape index (κ3) is 4.57. The average molecular weight is 490 g/mol. The molecule has 0 spiro atoms. The predicted molar refractivity (Wildman–Crippen MR) is 137 cm³/mol. The fourth-order valence-corrected chi connectivity index (χ4v) is 4.71. The van der Waals surface area contributed by atoms with Crippen molar-refractivity contribution in [2.24, 2.45) is 0 Å². The van der Waals surface area contributed by atoms with E-state index in [9.17, 15) is 4.79 Å². The van der Waals surface area contributed by atoms with Crippen LogP contribution in [0.25, 0.3) is 34.1 Å². The normalized spacial score (nSPS) is 14.8. The van der Waals surface area contributed by atoms with Gasteiger partial charge in [0.05, 0.1) is 11.9 Å². The second kappa shape index (κ2) is 9.60. The molecule has 1 N–H and O–H groups in total. The van der Waals surface area contributed by atoms with Gasteiger partial charge in [0.2, 0.25) is 0 Å². The number of fused-ring (bicyclic) bond motifs is 1. The molecule has 1 aromatic carbocycles. The highest BCUT2D eigenvalue weighted by atomic mass is 35.5. The third-order valence-corrected chi connectivity index (χ3v) is 6.80. The summed E-state index contributed by atoms with van der Waals surface area (Å²) in [5, 5.41) is 3.54. The molecule has 1 saturated heterocycles. The summed E-state index contributed by atoms with van der Waals surface area (Å²) in [7, 11) is 2.09. The van der Waals surface area contributed by atoms with Crippen molar-refractivity contribution in [2.75, 3.05) is 20.1 Å². The zero-order chi connectivity index (χ0) is 24.5. The number of likely N-dealkylation sites (tertiary alicyclic amines) is 1. The molecule has 1 aliphatic rings. The molecule has 1 aliphatic heterocycles. The van der Waals surface area contributed by atoms with Crippen LogP contribution in [0.4, 0.5) is 4.39 Å². The first-order valence-corrected chi connectivity index (χ1v) is 11.9. The molecule has 0 atom stereocenters. The molecule has 6 nitrogen and oxygen atoms in total. The summed E-state index contributed by atoms with van der Waals surface area (Å²) in [6.45, 7) is 5.59. The van der Waals surface area contributed by atoms with Crippen molar-refractivity contribution in [1.29, 1.82) is 0 Å². The first-order valence-electron chi connectivity index (χ1n) is 11.5. The van der Waals surface area contributed by atoms with Crippen LogP contribution in [0, 0.1) is 5.82 Å². The number of pyridine rings is 2. The number of halogens is 2. The minimum absolute atomic E-state index is 0.142. The van der Waals surface area contributed by atoms with E-state index < -0.39 is 5.82 Å². The van der Waals surface area contributed by atoms with Gasteiger partial charge in [-0.1, -0.05) is 30.3 Å². The lowest BCUT2D eigenvalue weighted by atomic mass is 9.99. The van der Waals surface area contributed by atoms with E-state index in [2.05, 4.69) is 33.8 Å². The van der Waals surface area contributed by atoms with Gasteiger partial charge in [-0.2, -0.15) is 0 Å². The Balaban J connectivity index is 1.52. The molecule has 4 aromatic rings. The SMILES string of the molecule is C=Cc1cc(F)c(-c2ncccc2-c2ccc3ncc(C(=O)NC4CCN(C)CC4)n3c2)cc1Cl. The minimum atomic E-state index is -0.439. The summed E-state index contributed by atoms with van der Waals surface area (Å²) in [6.07, 6.45) is 8.39. The smallest absolute Gasteiger partial charge is 0.270 e. The highest BCUT2D eigenvalue weighted by Gasteiger charge is 2.21. The van der Waals surface area contributed by atoms with Crippen LogP contribution < -0.4 is 5.32 Å². The van der Waals surface area contributed by atoms with Crippen LogP contribution in [0.15, 0.2) is 61.6 Å². The van der Waals surface area contributed by atoms with Gasteiger partial charge in [-0.3, -0.25) is 14.2 Å². The van der Waals surface area contributed by atoms with Crippen molar-refractivity contribution >= 4 is 29.2 Å². The lowest BCUT2D eigenvalue weighted by Crippen LogP contribution is -2.43. The fraction of sp³-hybridized carbons (Fsp3) is 0.222. The Bertz CT molecular complexity index is 1420. The number of amides is 1. The highest BCUT2D eigenvalue weighted by Crippen LogP contribution is 2.35. The van der Waals surface area contributed by atoms with Gasteiger partial charge in [0.1, 0.15) is 17.2 Å². The lowest BCUT2D eigenvalue weighted by Gasteiger charge is -2.29. The van der Waals surface area contributed by atoms with Crippen molar-refractivity contribution in [3.8, 4) is 22.4 Å². The van der Waals surface area contributed by atoms with Crippen LogP contribution in [-0.2, 0) is 0 Å². The van der Waals surface area contributed by atoms with Gasteiger partial charge in [-0.05, 0) is 68.9 Å². The molecule has 5 rings (SSSR count). The second-order valence-corrected chi connectivity index (χ2v) is 9.20. The Kier molecular flexibility index (Phi) is 6.36. The van der Waals surface area contributed by atoms with Gasteiger partial charge in [0, 0.05) is 40.1 Å². The molecule has 178 valence electrons. The van der Waals surface area contributed by atoms with Crippen LogP contribution >= 0.6 is 11.6 Å². The molecule has 0 bridgehead atoms. The van der Waals surface area contributed by atoms with Crippen molar-refractivity contribution in [2.45, 2.75) is 18.9 Å². The monoisotopic (exact) mass is 489 g/mol. The highest BCUT2D eigenvalue weighted by molar-refractivity contribution is 6.32. The van der Waals surface area contributed by atoms with Crippen LogP contribution in [0.5, 0.6) is 0 Å². The molecule has 0 aliphatic carbocycles. The molecule has 35 heavy (non-hydrogen) atoms. The largest absolute Gasteiger partial charge is 0.348 e. The molecule has 1 amide bonds. The van der Waals surface area contributed by atoms with Crippen LogP contribution in [0.3, 0.4) is 0 Å². The molecule has 0 unspecified atom stereocenters. The molecule has 0 radical (unpaired) electrons. The van der Waals surface area contributed by atoms with E-state index in [0.29, 0.717) is 38.7 Å². The van der Waals surface area contributed by atoms with Gasteiger partial charge in [0.25, 0.3) is 5.91 Å². The van der Waals surface area contributed by atoms with Crippen LogP contribution in [-0.4, -0.2) is 51.4 Å². The first-order chi connectivity index (χ1) is 16.9. The standard InChI is InChI=1S/C27H25ClFN5O/c1-3-17-13-23(29)21(14-22(17)28)26-20(5-4-10-30-26)18-6-7-25-31-15-24(34(25)16-18)27(35)32-19-8-11-33(2)12-9-19/h3-7,10,13-16,19H,1,8-9,11-12H2,2H3,(H,32,35). The van der Waals surface area contributed by atoms with Gasteiger partial charge < -0.3 is 10.2 Å². The number of hydrogen-bond donors (Lipinski definition) is 1. The van der Waals surface area contributed by atoms with E-state index in [1.807, 2.05) is 24.4 Å². The number of imidazole rings is 1. The second-order valence-electron chi connectivity index (χ2n) is 8.80. The molecular weight excluding hydrogens is 465 g/mol. The number of rotatable bonds is 5. The molecule has 4 heterocycles. The summed E-state index contributed by atoms with van der Waals surface area (Å²) in [5.74, 6) is -0.598. The summed E-state index contributed by atoms with van der Waals surface area (Å²) in [4.78, 5) is 24.2. The van der Waals surface area contributed by atoms with E-state index in [1.54, 1.807) is 28.9 Å². The van der Waals surface area contributed by atoms with E-state index in [4.69, 9.17) is 11.6 Å². The number of piperidine rings is 1.